The van der Waals surface area contributed by atoms with E-state index in [1.807, 2.05) is 19.9 Å². The molecule has 2 unspecified atom stereocenters. The summed E-state index contributed by atoms with van der Waals surface area (Å²) in [5, 5.41) is 5.66. The Morgan fingerprint density at radius 3 is 2.66 bits per heavy atom. The van der Waals surface area contributed by atoms with Crippen LogP contribution < -0.4 is 15.4 Å². The van der Waals surface area contributed by atoms with E-state index in [-0.39, 0.29) is 35.4 Å². The molecule has 4 rings (SSSR count). The van der Waals surface area contributed by atoms with Crippen LogP contribution >= 0.6 is 0 Å². The van der Waals surface area contributed by atoms with Crippen LogP contribution in [0.2, 0.25) is 0 Å². The zero-order valence-electron chi connectivity index (χ0n) is 18.1. The number of fused-ring (bicyclic) bond motifs is 1. The van der Waals surface area contributed by atoms with Gasteiger partial charge in [-0.05, 0) is 68.7 Å². The summed E-state index contributed by atoms with van der Waals surface area (Å²) in [7, 11) is -3.58. The van der Waals surface area contributed by atoms with E-state index >= 15 is 0 Å². The lowest BCUT2D eigenvalue weighted by Gasteiger charge is -2.32. The maximum Gasteiger partial charge on any atom is 0.262 e. The second kappa shape index (κ2) is 8.91. The van der Waals surface area contributed by atoms with Gasteiger partial charge in [0.05, 0.1) is 16.6 Å². The fraction of sp³-hybridized carbons (Fsp3) is 0.391. The zero-order valence-corrected chi connectivity index (χ0v) is 18.9. The Bertz CT molecular complexity index is 1130. The molecule has 2 N–H and O–H groups in total. The fourth-order valence-electron chi connectivity index (χ4n) is 4.08. The van der Waals surface area contributed by atoms with Gasteiger partial charge in [-0.1, -0.05) is 12.5 Å². The number of hydrogen-bond donors (Lipinski definition) is 2. The largest absolute Gasteiger partial charge is 0.482 e. The molecule has 2 aromatic rings. The number of carbonyl (C=O) groups is 2. The molecule has 0 spiro atoms. The molecule has 2 aromatic carbocycles. The average Bonchev–Trinajstić information content (AvgIpc) is 2.78. The molecular formula is C23H27N3O5S. The van der Waals surface area contributed by atoms with Crippen molar-refractivity contribution in [3.63, 3.8) is 0 Å². The number of ether oxygens (including phenoxy) is 1. The van der Waals surface area contributed by atoms with E-state index in [4.69, 9.17) is 4.74 Å². The Morgan fingerprint density at radius 1 is 1.19 bits per heavy atom. The van der Waals surface area contributed by atoms with Crippen molar-refractivity contribution in [1.82, 2.24) is 9.62 Å². The molecule has 32 heavy (non-hydrogen) atoms. The van der Waals surface area contributed by atoms with Crippen LogP contribution in [-0.2, 0) is 14.8 Å². The third kappa shape index (κ3) is 4.49. The lowest BCUT2D eigenvalue weighted by molar-refractivity contribution is -0.118. The van der Waals surface area contributed by atoms with E-state index in [0.717, 1.165) is 24.8 Å². The summed E-state index contributed by atoms with van der Waals surface area (Å²) in [5.74, 6) is 0.0535. The number of carbonyl (C=O) groups excluding carboxylic acids is 2. The van der Waals surface area contributed by atoms with Crippen molar-refractivity contribution in [2.45, 2.75) is 50.1 Å². The summed E-state index contributed by atoms with van der Waals surface area (Å²) in [6, 6.07) is 11.0. The third-order valence-corrected chi connectivity index (χ3v) is 7.98. The molecule has 0 aromatic heterocycles. The molecule has 1 saturated heterocycles. The number of amides is 2. The topological polar surface area (TPSA) is 105 Å². The smallest absolute Gasteiger partial charge is 0.262 e. The first-order chi connectivity index (χ1) is 15.3. The third-order valence-electron chi connectivity index (χ3n) is 5.95. The quantitative estimate of drug-likeness (QED) is 0.718. The summed E-state index contributed by atoms with van der Waals surface area (Å²) < 4.78 is 32.8. The number of rotatable bonds is 5. The van der Waals surface area contributed by atoms with Gasteiger partial charge < -0.3 is 15.4 Å². The van der Waals surface area contributed by atoms with E-state index < -0.39 is 10.0 Å². The maximum atomic E-state index is 13.0. The first kappa shape index (κ1) is 22.3. The molecule has 2 heterocycles. The lowest BCUT2D eigenvalue weighted by Crippen LogP contribution is -2.41. The molecule has 8 nitrogen and oxygen atoms in total. The molecule has 9 heteroatoms. The summed E-state index contributed by atoms with van der Waals surface area (Å²) in [6.45, 7) is 4.27. The van der Waals surface area contributed by atoms with Gasteiger partial charge >= 0.3 is 0 Å². The van der Waals surface area contributed by atoms with Crippen LogP contribution in [0.4, 0.5) is 5.69 Å². The molecule has 2 atom stereocenters. The number of nitrogens with one attached hydrogen (secondary N) is 2. The summed E-state index contributed by atoms with van der Waals surface area (Å²) in [4.78, 5) is 24.4. The molecule has 2 aliphatic rings. The summed E-state index contributed by atoms with van der Waals surface area (Å²) >= 11 is 0. The number of piperidine rings is 1. The molecular weight excluding hydrogens is 430 g/mol. The van der Waals surface area contributed by atoms with Gasteiger partial charge in [-0.25, -0.2) is 8.42 Å². The van der Waals surface area contributed by atoms with Crippen molar-refractivity contribution in [2.75, 3.05) is 18.5 Å². The van der Waals surface area contributed by atoms with Gasteiger partial charge in [0.15, 0.2) is 6.61 Å². The Labute approximate surface area is 188 Å². The van der Waals surface area contributed by atoms with Gasteiger partial charge in [-0.15, -0.1) is 0 Å². The first-order valence-electron chi connectivity index (χ1n) is 10.7. The molecule has 170 valence electrons. The second-order valence-corrected chi connectivity index (χ2v) is 10.2. The highest BCUT2D eigenvalue weighted by molar-refractivity contribution is 7.89. The minimum atomic E-state index is -3.58. The molecule has 1 fully saturated rings. The van der Waals surface area contributed by atoms with Gasteiger partial charge in [0.25, 0.3) is 11.8 Å². The zero-order chi connectivity index (χ0) is 22.9. The van der Waals surface area contributed by atoms with Crippen LogP contribution in [0.15, 0.2) is 47.4 Å². The predicted molar refractivity (Wildman–Crippen MR) is 120 cm³/mol. The highest BCUT2D eigenvalue weighted by Crippen LogP contribution is 2.31. The van der Waals surface area contributed by atoms with Gasteiger partial charge in [0, 0.05) is 18.2 Å². The fourth-order valence-corrected chi connectivity index (χ4v) is 5.78. The number of hydrogen-bond acceptors (Lipinski definition) is 5. The summed E-state index contributed by atoms with van der Waals surface area (Å²) in [6.07, 6.45) is 2.75. The van der Waals surface area contributed by atoms with E-state index in [0.29, 0.717) is 23.5 Å². The maximum absolute atomic E-state index is 13.0. The van der Waals surface area contributed by atoms with Crippen LogP contribution in [0, 0.1) is 0 Å². The Morgan fingerprint density at radius 2 is 1.94 bits per heavy atom. The van der Waals surface area contributed by atoms with Gasteiger partial charge in [-0.2, -0.15) is 4.31 Å². The molecule has 0 radical (unpaired) electrons. The van der Waals surface area contributed by atoms with Crippen molar-refractivity contribution in [2.24, 2.45) is 0 Å². The minimum absolute atomic E-state index is 0.0129. The monoisotopic (exact) mass is 457 g/mol. The molecule has 0 bridgehead atoms. The van der Waals surface area contributed by atoms with Crippen molar-refractivity contribution in [3.8, 4) is 5.75 Å². The van der Waals surface area contributed by atoms with Crippen LogP contribution in [-0.4, -0.2) is 43.7 Å². The molecule has 2 aliphatic heterocycles. The molecule has 0 aliphatic carbocycles. The highest BCUT2D eigenvalue weighted by atomic mass is 32.2. The number of sulfonamides is 1. The normalized spacial score (nSPS) is 19.9. The van der Waals surface area contributed by atoms with Crippen molar-refractivity contribution in [1.29, 1.82) is 0 Å². The standard InChI is InChI=1S/C23H27N3O5S/c1-15-5-3-4-12-26(15)32(29,30)19-9-6-17(7-10-19)23(28)24-16(2)18-8-11-21-20(13-18)25-22(27)14-31-21/h6-11,13,15-16H,3-5,12,14H2,1-2H3,(H,24,28)(H,25,27). The van der Waals surface area contributed by atoms with E-state index in [1.165, 1.54) is 24.3 Å². The van der Waals surface area contributed by atoms with Gasteiger partial charge in [0.2, 0.25) is 10.0 Å². The lowest BCUT2D eigenvalue weighted by atomic mass is 10.1. The van der Waals surface area contributed by atoms with E-state index in [1.54, 1.807) is 16.4 Å². The van der Waals surface area contributed by atoms with Crippen LogP contribution in [0.25, 0.3) is 0 Å². The van der Waals surface area contributed by atoms with E-state index in [2.05, 4.69) is 10.6 Å². The Hall–Kier alpha value is -2.91. The Balaban J connectivity index is 1.45. The number of anilines is 1. The van der Waals surface area contributed by atoms with E-state index in [9.17, 15) is 18.0 Å². The average molecular weight is 458 g/mol. The van der Waals surface area contributed by atoms with Gasteiger partial charge in [-0.3, -0.25) is 9.59 Å². The van der Waals surface area contributed by atoms with Crippen molar-refractivity contribution in [3.05, 3.63) is 53.6 Å². The number of nitrogens with zero attached hydrogens (tertiary/aromatic N) is 1. The first-order valence-corrected chi connectivity index (χ1v) is 12.2. The van der Waals surface area contributed by atoms with Crippen LogP contribution in [0.3, 0.4) is 0 Å². The van der Waals surface area contributed by atoms with Crippen molar-refractivity contribution < 1.29 is 22.7 Å². The van der Waals surface area contributed by atoms with Gasteiger partial charge in [0.1, 0.15) is 5.75 Å². The highest BCUT2D eigenvalue weighted by Gasteiger charge is 2.31. The minimum Gasteiger partial charge on any atom is -0.482 e. The summed E-state index contributed by atoms with van der Waals surface area (Å²) in [5.41, 5.74) is 1.75. The van der Waals surface area contributed by atoms with Crippen molar-refractivity contribution >= 4 is 27.5 Å². The Kier molecular flexibility index (Phi) is 6.21. The number of benzene rings is 2. The molecule has 2 amide bonds. The van der Waals surface area contributed by atoms with Crippen LogP contribution in [0.5, 0.6) is 5.75 Å². The van der Waals surface area contributed by atoms with Crippen LogP contribution in [0.1, 0.15) is 55.1 Å². The second-order valence-electron chi connectivity index (χ2n) is 8.27. The predicted octanol–water partition coefficient (Wildman–Crippen LogP) is 3.07. The molecule has 0 saturated carbocycles. The SMILES string of the molecule is CC(NC(=O)c1ccc(S(=O)(=O)N2CCCCC2C)cc1)c1ccc2c(c1)NC(=O)CO2.